The first-order chi connectivity index (χ1) is 8.65. The van der Waals surface area contributed by atoms with Crippen molar-refractivity contribution in [2.45, 2.75) is 43.8 Å². The van der Waals surface area contributed by atoms with Gasteiger partial charge in [-0.05, 0) is 31.7 Å². The van der Waals surface area contributed by atoms with Gasteiger partial charge in [-0.15, -0.1) is 0 Å². The van der Waals surface area contributed by atoms with E-state index in [-0.39, 0.29) is 11.7 Å². The van der Waals surface area contributed by atoms with Gasteiger partial charge in [-0.3, -0.25) is 10.1 Å². The standard InChI is InChI=1S/C12H16N4O2/c13-8-5-9-1-2-10(6-8)15(9)12-4-3-11(7-14-12)16(17)18/h3-4,7-10H,1-2,5-6,13H2. The highest BCUT2D eigenvalue weighted by molar-refractivity contribution is 5.47. The number of pyridine rings is 1. The summed E-state index contributed by atoms with van der Waals surface area (Å²) in [6.07, 6.45) is 5.63. The van der Waals surface area contributed by atoms with E-state index in [1.54, 1.807) is 6.07 Å². The van der Waals surface area contributed by atoms with Crippen molar-refractivity contribution in [1.29, 1.82) is 0 Å². The number of hydrogen-bond donors (Lipinski definition) is 1. The zero-order chi connectivity index (χ0) is 12.7. The first kappa shape index (κ1) is 11.4. The maximum atomic E-state index is 10.6. The van der Waals surface area contributed by atoms with Crippen LogP contribution in [0.15, 0.2) is 18.3 Å². The molecule has 2 N–H and O–H groups in total. The minimum absolute atomic E-state index is 0.0415. The lowest BCUT2D eigenvalue weighted by molar-refractivity contribution is -0.385. The molecular formula is C12H16N4O2. The quantitative estimate of drug-likeness (QED) is 0.632. The molecule has 6 heteroatoms. The Hall–Kier alpha value is -1.69. The predicted octanol–water partition coefficient (Wildman–Crippen LogP) is 1.45. The summed E-state index contributed by atoms with van der Waals surface area (Å²) in [5.41, 5.74) is 6.06. The number of fused-ring (bicyclic) bond motifs is 2. The molecule has 0 radical (unpaired) electrons. The van der Waals surface area contributed by atoms with Crippen molar-refractivity contribution in [3.63, 3.8) is 0 Å². The van der Waals surface area contributed by atoms with E-state index in [0.29, 0.717) is 12.1 Å². The van der Waals surface area contributed by atoms with E-state index >= 15 is 0 Å². The van der Waals surface area contributed by atoms with Crippen LogP contribution in [0.2, 0.25) is 0 Å². The van der Waals surface area contributed by atoms with Crippen molar-refractivity contribution in [1.82, 2.24) is 4.98 Å². The molecule has 6 nitrogen and oxygen atoms in total. The lowest BCUT2D eigenvalue weighted by Crippen LogP contribution is -2.47. The molecule has 3 heterocycles. The molecule has 2 fully saturated rings. The molecule has 2 unspecified atom stereocenters. The molecule has 0 aliphatic carbocycles. The molecule has 0 saturated carbocycles. The third kappa shape index (κ3) is 1.82. The van der Waals surface area contributed by atoms with Gasteiger partial charge in [-0.1, -0.05) is 0 Å². The second kappa shape index (κ2) is 4.20. The molecule has 0 spiro atoms. The van der Waals surface area contributed by atoms with E-state index in [0.717, 1.165) is 31.5 Å². The van der Waals surface area contributed by atoms with Crippen molar-refractivity contribution in [3.05, 3.63) is 28.4 Å². The maximum absolute atomic E-state index is 10.6. The minimum Gasteiger partial charge on any atom is -0.351 e. The van der Waals surface area contributed by atoms with Crippen LogP contribution in [-0.2, 0) is 0 Å². The first-order valence-corrected chi connectivity index (χ1v) is 6.29. The van der Waals surface area contributed by atoms with Gasteiger partial charge in [0.1, 0.15) is 12.0 Å². The van der Waals surface area contributed by atoms with Gasteiger partial charge in [0.05, 0.1) is 4.92 Å². The van der Waals surface area contributed by atoms with Gasteiger partial charge in [0.25, 0.3) is 5.69 Å². The zero-order valence-corrected chi connectivity index (χ0v) is 10.0. The van der Waals surface area contributed by atoms with E-state index in [1.807, 2.05) is 0 Å². The van der Waals surface area contributed by atoms with Gasteiger partial charge in [-0.2, -0.15) is 0 Å². The lowest BCUT2D eigenvalue weighted by atomic mass is 9.98. The monoisotopic (exact) mass is 248 g/mol. The highest BCUT2D eigenvalue weighted by Gasteiger charge is 2.40. The van der Waals surface area contributed by atoms with Gasteiger partial charge >= 0.3 is 0 Å². The number of nitro groups is 1. The average Bonchev–Trinajstić information content (AvgIpc) is 2.62. The Bertz CT molecular complexity index is 448. The average molecular weight is 248 g/mol. The van der Waals surface area contributed by atoms with E-state index in [1.165, 1.54) is 12.3 Å². The van der Waals surface area contributed by atoms with Gasteiger partial charge in [-0.25, -0.2) is 4.98 Å². The molecule has 18 heavy (non-hydrogen) atoms. The molecule has 1 aromatic heterocycles. The fourth-order valence-corrected chi connectivity index (χ4v) is 3.23. The van der Waals surface area contributed by atoms with Crippen molar-refractivity contribution in [3.8, 4) is 0 Å². The third-order valence-corrected chi connectivity index (χ3v) is 3.98. The maximum Gasteiger partial charge on any atom is 0.287 e. The lowest BCUT2D eigenvalue weighted by Gasteiger charge is -2.38. The Balaban J connectivity index is 1.85. The minimum atomic E-state index is -0.419. The molecular weight excluding hydrogens is 232 g/mol. The Kier molecular flexibility index (Phi) is 2.66. The van der Waals surface area contributed by atoms with Crippen molar-refractivity contribution < 1.29 is 4.92 Å². The number of anilines is 1. The predicted molar refractivity (Wildman–Crippen MR) is 67.4 cm³/mol. The van der Waals surface area contributed by atoms with Gasteiger partial charge in [0, 0.05) is 24.2 Å². The fraction of sp³-hybridized carbons (Fsp3) is 0.583. The van der Waals surface area contributed by atoms with Crippen LogP contribution in [0.1, 0.15) is 25.7 Å². The topological polar surface area (TPSA) is 85.3 Å². The summed E-state index contributed by atoms with van der Waals surface area (Å²) in [5, 5.41) is 10.6. The van der Waals surface area contributed by atoms with Crippen molar-refractivity contribution >= 4 is 11.5 Å². The van der Waals surface area contributed by atoms with E-state index < -0.39 is 4.92 Å². The molecule has 2 bridgehead atoms. The largest absolute Gasteiger partial charge is 0.351 e. The number of rotatable bonds is 2. The van der Waals surface area contributed by atoms with E-state index in [4.69, 9.17) is 5.73 Å². The second-order valence-corrected chi connectivity index (χ2v) is 5.16. The zero-order valence-electron chi connectivity index (χ0n) is 10.0. The molecule has 3 rings (SSSR count). The van der Waals surface area contributed by atoms with Crippen LogP contribution < -0.4 is 10.6 Å². The molecule has 2 aliphatic heterocycles. The highest BCUT2D eigenvalue weighted by Crippen LogP contribution is 2.38. The Morgan fingerprint density at radius 2 is 2.00 bits per heavy atom. The SMILES string of the molecule is NC1CC2CCC(C1)N2c1ccc([N+](=O)[O-])cn1. The summed E-state index contributed by atoms with van der Waals surface area (Å²) >= 11 is 0. The summed E-state index contributed by atoms with van der Waals surface area (Å²) < 4.78 is 0. The molecule has 2 atom stereocenters. The van der Waals surface area contributed by atoms with E-state index in [2.05, 4.69) is 9.88 Å². The Morgan fingerprint density at radius 1 is 1.33 bits per heavy atom. The van der Waals surface area contributed by atoms with Crippen LogP contribution >= 0.6 is 0 Å². The number of nitrogens with two attached hydrogens (primary N) is 1. The summed E-state index contributed by atoms with van der Waals surface area (Å²) in [7, 11) is 0. The van der Waals surface area contributed by atoms with Gasteiger partial charge < -0.3 is 10.6 Å². The molecule has 0 aromatic carbocycles. The molecule has 96 valence electrons. The molecule has 2 aliphatic rings. The Labute approximate surface area is 105 Å². The first-order valence-electron chi connectivity index (χ1n) is 6.29. The van der Waals surface area contributed by atoms with E-state index in [9.17, 15) is 10.1 Å². The van der Waals surface area contributed by atoms with Crippen LogP contribution in [-0.4, -0.2) is 28.0 Å². The summed E-state index contributed by atoms with van der Waals surface area (Å²) in [4.78, 5) is 16.7. The molecule has 2 saturated heterocycles. The number of nitrogens with zero attached hydrogens (tertiary/aromatic N) is 3. The van der Waals surface area contributed by atoms with Crippen LogP contribution in [0.25, 0.3) is 0 Å². The van der Waals surface area contributed by atoms with Crippen LogP contribution in [0, 0.1) is 10.1 Å². The summed E-state index contributed by atoms with van der Waals surface area (Å²) in [5.74, 6) is 0.847. The van der Waals surface area contributed by atoms with Crippen molar-refractivity contribution in [2.24, 2.45) is 5.73 Å². The smallest absolute Gasteiger partial charge is 0.287 e. The van der Waals surface area contributed by atoms with Crippen LogP contribution in [0.3, 0.4) is 0 Å². The normalized spacial score (nSPS) is 30.5. The molecule has 0 amide bonds. The highest BCUT2D eigenvalue weighted by atomic mass is 16.6. The van der Waals surface area contributed by atoms with Gasteiger partial charge in [0.2, 0.25) is 0 Å². The summed E-state index contributed by atoms with van der Waals surface area (Å²) in [6, 6.07) is 4.47. The number of hydrogen-bond acceptors (Lipinski definition) is 5. The Morgan fingerprint density at radius 3 is 2.50 bits per heavy atom. The number of piperidine rings is 1. The fourth-order valence-electron chi connectivity index (χ4n) is 3.23. The van der Waals surface area contributed by atoms with Crippen molar-refractivity contribution in [2.75, 3.05) is 4.90 Å². The van der Waals surface area contributed by atoms with Gasteiger partial charge in [0.15, 0.2) is 0 Å². The molecule has 1 aromatic rings. The van der Waals surface area contributed by atoms with Crippen LogP contribution in [0.4, 0.5) is 11.5 Å². The summed E-state index contributed by atoms with van der Waals surface area (Å²) in [6.45, 7) is 0. The van der Waals surface area contributed by atoms with Crippen LogP contribution in [0.5, 0.6) is 0 Å². The third-order valence-electron chi connectivity index (χ3n) is 3.98. The number of aromatic nitrogens is 1. The second-order valence-electron chi connectivity index (χ2n) is 5.16.